The van der Waals surface area contributed by atoms with Crippen LogP contribution >= 0.6 is 15.9 Å². The van der Waals surface area contributed by atoms with Crippen molar-refractivity contribution in [1.29, 1.82) is 0 Å². The minimum Gasteiger partial charge on any atom is -0.368 e. The third-order valence-electron chi connectivity index (χ3n) is 4.49. The molecule has 2 atom stereocenters. The second kappa shape index (κ2) is 5.87. The van der Waals surface area contributed by atoms with Gasteiger partial charge < -0.3 is 4.90 Å². The van der Waals surface area contributed by atoms with Crippen LogP contribution in [-0.2, 0) is 6.42 Å². The normalized spacial score (nSPS) is 21.1. The molecule has 106 valence electrons. The summed E-state index contributed by atoms with van der Waals surface area (Å²) in [6.45, 7) is 10.6. The van der Waals surface area contributed by atoms with Gasteiger partial charge in [-0.15, -0.1) is 0 Å². The van der Waals surface area contributed by atoms with Crippen LogP contribution in [0.5, 0.6) is 0 Å². The molecular formula is C17H26BrN. The Bertz CT molecular complexity index is 422. The van der Waals surface area contributed by atoms with Crippen LogP contribution in [-0.4, -0.2) is 17.9 Å². The Morgan fingerprint density at radius 2 is 2.00 bits per heavy atom. The van der Waals surface area contributed by atoms with Crippen molar-refractivity contribution in [3.8, 4) is 0 Å². The highest BCUT2D eigenvalue weighted by Gasteiger charge is 2.30. The van der Waals surface area contributed by atoms with Crippen molar-refractivity contribution in [1.82, 2.24) is 0 Å². The first-order chi connectivity index (χ1) is 8.93. The first-order valence-corrected chi connectivity index (χ1v) is 8.46. The predicted octanol–water partition coefficient (Wildman–Crippen LogP) is 4.88. The van der Waals surface area contributed by atoms with Crippen molar-refractivity contribution >= 4 is 21.6 Å². The van der Waals surface area contributed by atoms with Gasteiger partial charge >= 0.3 is 0 Å². The molecule has 0 aliphatic carbocycles. The number of anilines is 1. The van der Waals surface area contributed by atoms with Crippen molar-refractivity contribution in [3.63, 3.8) is 0 Å². The van der Waals surface area contributed by atoms with E-state index in [0.29, 0.717) is 17.4 Å². The summed E-state index contributed by atoms with van der Waals surface area (Å²) in [5, 5.41) is 1.07. The quantitative estimate of drug-likeness (QED) is 0.716. The molecule has 0 N–H and O–H groups in total. The molecular weight excluding hydrogens is 298 g/mol. The molecule has 0 amide bonds. The summed E-state index contributed by atoms with van der Waals surface area (Å²) < 4.78 is 0. The SMILES string of the molecule is CC1CCc2ccccc2N1CC(CBr)C(C)(C)C. The van der Waals surface area contributed by atoms with E-state index in [1.165, 1.54) is 24.1 Å². The summed E-state index contributed by atoms with van der Waals surface area (Å²) in [6, 6.07) is 9.56. The molecule has 1 aliphatic rings. The standard InChI is InChI=1S/C17H26BrN/c1-13-9-10-14-7-5-6-8-16(14)19(13)12-15(11-18)17(2,3)4/h5-8,13,15H,9-12H2,1-4H3. The summed E-state index contributed by atoms with van der Waals surface area (Å²) in [5.74, 6) is 0.668. The molecule has 1 aromatic rings. The van der Waals surface area contributed by atoms with Gasteiger partial charge in [-0.2, -0.15) is 0 Å². The smallest absolute Gasteiger partial charge is 0.0401 e. The second-order valence-corrected chi connectivity index (χ2v) is 7.53. The number of halogens is 1. The molecule has 0 saturated carbocycles. The highest BCUT2D eigenvalue weighted by Crippen LogP contribution is 2.35. The highest BCUT2D eigenvalue weighted by molar-refractivity contribution is 9.09. The van der Waals surface area contributed by atoms with Crippen molar-refractivity contribution in [3.05, 3.63) is 29.8 Å². The average Bonchev–Trinajstić information content (AvgIpc) is 2.36. The van der Waals surface area contributed by atoms with Gasteiger partial charge in [-0.25, -0.2) is 0 Å². The lowest BCUT2D eigenvalue weighted by atomic mass is 9.81. The number of aryl methyl sites for hydroxylation is 1. The molecule has 2 unspecified atom stereocenters. The molecule has 1 heterocycles. The van der Waals surface area contributed by atoms with Crippen molar-refractivity contribution in [2.45, 2.75) is 46.6 Å². The van der Waals surface area contributed by atoms with Gasteiger partial charge in [0.1, 0.15) is 0 Å². The highest BCUT2D eigenvalue weighted by atomic mass is 79.9. The van der Waals surface area contributed by atoms with Crippen LogP contribution in [0.1, 0.15) is 39.7 Å². The zero-order chi connectivity index (χ0) is 14.0. The van der Waals surface area contributed by atoms with Crippen LogP contribution < -0.4 is 4.90 Å². The summed E-state index contributed by atoms with van der Waals surface area (Å²) in [5.41, 5.74) is 3.31. The van der Waals surface area contributed by atoms with Crippen LogP contribution in [0.25, 0.3) is 0 Å². The fourth-order valence-corrected chi connectivity index (χ4v) is 4.01. The maximum atomic E-state index is 3.71. The van der Waals surface area contributed by atoms with E-state index < -0.39 is 0 Å². The van der Waals surface area contributed by atoms with E-state index in [1.807, 2.05) is 0 Å². The van der Waals surface area contributed by atoms with Crippen LogP contribution in [0, 0.1) is 11.3 Å². The Morgan fingerprint density at radius 1 is 1.32 bits per heavy atom. The fourth-order valence-electron chi connectivity index (χ4n) is 2.83. The Hall–Kier alpha value is -0.500. The molecule has 0 aromatic heterocycles. The van der Waals surface area contributed by atoms with Crippen molar-refractivity contribution in [2.75, 3.05) is 16.8 Å². The zero-order valence-corrected chi connectivity index (χ0v) is 14.2. The molecule has 1 aromatic carbocycles. The van der Waals surface area contributed by atoms with Crippen LogP contribution in [0.3, 0.4) is 0 Å². The predicted molar refractivity (Wildman–Crippen MR) is 88.3 cm³/mol. The van der Waals surface area contributed by atoms with Gasteiger partial charge in [0.25, 0.3) is 0 Å². The van der Waals surface area contributed by atoms with E-state index in [0.717, 1.165) is 11.9 Å². The van der Waals surface area contributed by atoms with Crippen molar-refractivity contribution in [2.24, 2.45) is 11.3 Å². The minimum atomic E-state index is 0.343. The van der Waals surface area contributed by atoms with E-state index in [-0.39, 0.29) is 0 Å². The molecule has 2 rings (SSSR count). The molecule has 1 aliphatic heterocycles. The fraction of sp³-hybridized carbons (Fsp3) is 0.647. The van der Waals surface area contributed by atoms with Gasteiger partial charge in [0, 0.05) is 23.6 Å². The van der Waals surface area contributed by atoms with E-state index in [2.05, 4.69) is 72.8 Å². The Labute approximate surface area is 126 Å². The summed E-state index contributed by atoms with van der Waals surface area (Å²) >= 11 is 3.71. The molecule has 0 saturated heterocycles. The van der Waals surface area contributed by atoms with E-state index in [1.54, 1.807) is 0 Å². The van der Waals surface area contributed by atoms with E-state index in [4.69, 9.17) is 0 Å². The van der Waals surface area contributed by atoms with Crippen LogP contribution in [0.2, 0.25) is 0 Å². The Balaban J connectivity index is 2.24. The zero-order valence-electron chi connectivity index (χ0n) is 12.6. The maximum absolute atomic E-state index is 3.71. The molecule has 0 radical (unpaired) electrons. The van der Waals surface area contributed by atoms with Crippen molar-refractivity contribution < 1.29 is 0 Å². The third kappa shape index (κ3) is 3.34. The lowest BCUT2D eigenvalue weighted by Crippen LogP contribution is -2.43. The third-order valence-corrected chi connectivity index (χ3v) is 5.27. The molecule has 0 bridgehead atoms. The lowest BCUT2D eigenvalue weighted by Gasteiger charge is -2.42. The number of nitrogens with zero attached hydrogens (tertiary/aromatic N) is 1. The molecule has 1 nitrogen and oxygen atoms in total. The van der Waals surface area contributed by atoms with Gasteiger partial charge in [-0.3, -0.25) is 0 Å². The van der Waals surface area contributed by atoms with E-state index >= 15 is 0 Å². The first-order valence-electron chi connectivity index (χ1n) is 7.34. The van der Waals surface area contributed by atoms with E-state index in [9.17, 15) is 0 Å². The number of hydrogen-bond donors (Lipinski definition) is 0. The van der Waals surface area contributed by atoms with Crippen LogP contribution in [0.4, 0.5) is 5.69 Å². The molecule has 2 heteroatoms. The summed E-state index contributed by atoms with van der Waals surface area (Å²) in [4.78, 5) is 2.62. The number of fused-ring (bicyclic) bond motifs is 1. The van der Waals surface area contributed by atoms with Gasteiger partial charge in [0.15, 0.2) is 0 Å². The Morgan fingerprint density at radius 3 is 2.63 bits per heavy atom. The minimum absolute atomic E-state index is 0.343. The number of hydrogen-bond acceptors (Lipinski definition) is 1. The molecule has 0 fully saturated rings. The Kier molecular flexibility index (Phi) is 4.60. The first kappa shape index (κ1) is 14.9. The number of para-hydroxylation sites is 1. The number of alkyl halides is 1. The monoisotopic (exact) mass is 323 g/mol. The second-order valence-electron chi connectivity index (χ2n) is 6.89. The lowest BCUT2D eigenvalue weighted by molar-refractivity contribution is 0.264. The number of rotatable bonds is 3. The van der Waals surface area contributed by atoms with Gasteiger partial charge in [-0.1, -0.05) is 54.9 Å². The average molecular weight is 324 g/mol. The maximum Gasteiger partial charge on any atom is 0.0401 e. The van der Waals surface area contributed by atoms with Gasteiger partial charge in [0.05, 0.1) is 0 Å². The summed E-state index contributed by atoms with van der Waals surface area (Å²) in [7, 11) is 0. The topological polar surface area (TPSA) is 3.24 Å². The van der Waals surface area contributed by atoms with Gasteiger partial charge in [0.2, 0.25) is 0 Å². The molecule has 0 spiro atoms. The summed E-state index contributed by atoms with van der Waals surface area (Å²) in [6.07, 6.45) is 2.50. The van der Waals surface area contributed by atoms with Gasteiger partial charge in [-0.05, 0) is 42.7 Å². The van der Waals surface area contributed by atoms with Crippen LogP contribution in [0.15, 0.2) is 24.3 Å². The molecule has 19 heavy (non-hydrogen) atoms. The largest absolute Gasteiger partial charge is 0.368 e. The number of benzene rings is 1.